The van der Waals surface area contributed by atoms with Gasteiger partial charge in [-0.2, -0.15) is 15.0 Å². The van der Waals surface area contributed by atoms with Crippen LogP contribution in [0.25, 0.3) is 0 Å². The van der Waals surface area contributed by atoms with E-state index in [9.17, 15) is 0 Å². The van der Waals surface area contributed by atoms with Gasteiger partial charge >= 0.3 is 6.01 Å². The molecule has 0 saturated carbocycles. The number of ether oxygens (including phenoxy) is 2. The molecule has 110 valence electrons. The fourth-order valence-corrected chi connectivity index (χ4v) is 2.59. The fraction of sp³-hybridized carbons (Fsp3) is 0.769. The minimum atomic E-state index is 0.226. The second kappa shape index (κ2) is 6.21. The van der Waals surface area contributed by atoms with Crippen LogP contribution in [0.1, 0.15) is 25.7 Å². The van der Waals surface area contributed by atoms with Crippen LogP contribution in [0, 0.1) is 5.92 Å². The molecule has 0 radical (unpaired) electrons. The molecule has 7 heteroatoms. The molecule has 1 aromatic heterocycles. The summed E-state index contributed by atoms with van der Waals surface area (Å²) in [4.78, 5) is 14.8. The molecule has 0 bridgehead atoms. The monoisotopic (exact) mass is 279 g/mol. The molecule has 2 N–H and O–H groups in total. The highest BCUT2D eigenvalue weighted by atomic mass is 16.5. The number of aromatic nitrogens is 3. The Balaban J connectivity index is 1.63. The molecule has 0 aliphatic carbocycles. The van der Waals surface area contributed by atoms with Gasteiger partial charge in [-0.05, 0) is 31.6 Å². The van der Waals surface area contributed by atoms with Gasteiger partial charge in [0, 0.05) is 26.3 Å². The molecular weight excluding hydrogens is 258 g/mol. The third-order valence-electron chi connectivity index (χ3n) is 3.80. The third kappa shape index (κ3) is 3.27. The van der Waals surface area contributed by atoms with E-state index in [1.54, 1.807) is 0 Å². The largest absolute Gasteiger partial charge is 0.463 e. The van der Waals surface area contributed by atoms with Crippen molar-refractivity contribution < 1.29 is 9.47 Å². The summed E-state index contributed by atoms with van der Waals surface area (Å²) in [6.07, 6.45) is 4.40. The van der Waals surface area contributed by atoms with Crippen molar-refractivity contribution in [1.29, 1.82) is 0 Å². The average Bonchev–Trinajstić information content (AvgIpc) is 3.00. The molecule has 0 atom stereocenters. The van der Waals surface area contributed by atoms with Gasteiger partial charge in [0.05, 0.1) is 6.61 Å². The first-order valence-corrected chi connectivity index (χ1v) is 7.28. The van der Waals surface area contributed by atoms with Crippen LogP contribution in [0.15, 0.2) is 0 Å². The van der Waals surface area contributed by atoms with Crippen LogP contribution < -0.4 is 15.4 Å². The topological polar surface area (TPSA) is 86.4 Å². The smallest absolute Gasteiger partial charge is 0.323 e. The Bertz CT molecular complexity index is 444. The summed E-state index contributed by atoms with van der Waals surface area (Å²) in [7, 11) is 0. The molecular formula is C13H21N5O2. The summed E-state index contributed by atoms with van der Waals surface area (Å²) in [5, 5.41) is 0. The highest BCUT2D eigenvalue weighted by molar-refractivity contribution is 5.36. The zero-order valence-electron chi connectivity index (χ0n) is 11.6. The Morgan fingerprint density at radius 2 is 1.90 bits per heavy atom. The summed E-state index contributed by atoms with van der Waals surface area (Å²) >= 11 is 0. The quantitative estimate of drug-likeness (QED) is 0.874. The molecule has 2 fully saturated rings. The van der Waals surface area contributed by atoms with Gasteiger partial charge in [-0.1, -0.05) is 0 Å². The maximum absolute atomic E-state index is 5.75. The molecule has 0 spiro atoms. The van der Waals surface area contributed by atoms with E-state index in [1.807, 2.05) is 0 Å². The standard InChI is InChI=1S/C13H21N5O2/c14-11-15-12(18-5-1-2-6-18)17-13(16-11)20-9-10-3-7-19-8-4-10/h10H,1-9H2,(H2,14,15,16,17). The van der Waals surface area contributed by atoms with Crippen LogP contribution >= 0.6 is 0 Å². The predicted octanol–water partition coefficient (Wildman–Crippen LogP) is 0.859. The van der Waals surface area contributed by atoms with Crippen LogP contribution in [0.2, 0.25) is 0 Å². The normalized spacial score (nSPS) is 20.3. The maximum atomic E-state index is 5.75. The lowest BCUT2D eigenvalue weighted by atomic mass is 10.0. The summed E-state index contributed by atoms with van der Waals surface area (Å²) in [6, 6.07) is 0.339. The second-order valence-electron chi connectivity index (χ2n) is 5.34. The summed E-state index contributed by atoms with van der Waals surface area (Å²) in [6.45, 7) is 4.19. The summed E-state index contributed by atoms with van der Waals surface area (Å²) < 4.78 is 11.0. The van der Waals surface area contributed by atoms with Crippen LogP contribution in [-0.2, 0) is 4.74 Å². The molecule has 20 heavy (non-hydrogen) atoms. The number of hydrogen-bond acceptors (Lipinski definition) is 7. The average molecular weight is 279 g/mol. The Morgan fingerprint density at radius 3 is 2.65 bits per heavy atom. The molecule has 0 unspecified atom stereocenters. The van der Waals surface area contributed by atoms with Crippen molar-refractivity contribution in [2.45, 2.75) is 25.7 Å². The molecule has 2 aliphatic rings. The van der Waals surface area contributed by atoms with Gasteiger partial charge in [-0.3, -0.25) is 0 Å². The number of anilines is 2. The number of nitrogens with zero attached hydrogens (tertiary/aromatic N) is 4. The zero-order chi connectivity index (χ0) is 13.8. The fourth-order valence-electron chi connectivity index (χ4n) is 2.59. The molecule has 2 saturated heterocycles. The molecule has 0 aromatic carbocycles. The van der Waals surface area contributed by atoms with Crippen molar-refractivity contribution in [3.8, 4) is 6.01 Å². The Hall–Kier alpha value is -1.63. The van der Waals surface area contributed by atoms with E-state index in [2.05, 4.69) is 19.9 Å². The molecule has 3 heterocycles. The Labute approximate surface area is 118 Å². The molecule has 1 aromatic rings. The van der Waals surface area contributed by atoms with E-state index < -0.39 is 0 Å². The molecule has 3 rings (SSSR count). The van der Waals surface area contributed by atoms with Crippen molar-refractivity contribution in [3.63, 3.8) is 0 Å². The second-order valence-corrected chi connectivity index (χ2v) is 5.34. The van der Waals surface area contributed by atoms with E-state index in [0.717, 1.165) is 39.1 Å². The van der Waals surface area contributed by atoms with Crippen molar-refractivity contribution in [2.75, 3.05) is 43.5 Å². The van der Waals surface area contributed by atoms with Gasteiger partial charge in [0.2, 0.25) is 11.9 Å². The number of nitrogens with two attached hydrogens (primary N) is 1. The zero-order valence-corrected chi connectivity index (χ0v) is 11.6. The van der Waals surface area contributed by atoms with Crippen molar-refractivity contribution >= 4 is 11.9 Å². The highest BCUT2D eigenvalue weighted by Gasteiger charge is 2.19. The number of hydrogen-bond donors (Lipinski definition) is 1. The SMILES string of the molecule is Nc1nc(OCC2CCOCC2)nc(N2CCCC2)n1. The number of nitrogen functional groups attached to an aromatic ring is 1. The Kier molecular flexibility index (Phi) is 4.15. The van der Waals surface area contributed by atoms with E-state index >= 15 is 0 Å². The highest BCUT2D eigenvalue weighted by Crippen LogP contribution is 2.20. The minimum absolute atomic E-state index is 0.226. The van der Waals surface area contributed by atoms with Crippen molar-refractivity contribution in [3.05, 3.63) is 0 Å². The lowest BCUT2D eigenvalue weighted by Crippen LogP contribution is -2.24. The minimum Gasteiger partial charge on any atom is -0.463 e. The van der Waals surface area contributed by atoms with Crippen LogP contribution in [-0.4, -0.2) is 47.9 Å². The summed E-state index contributed by atoms with van der Waals surface area (Å²) in [5.41, 5.74) is 5.75. The molecule has 0 amide bonds. The first-order valence-electron chi connectivity index (χ1n) is 7.28. The van der Waals surface area contributed by atoms with Gasteiger partial charge in [-0.15, -0.1) is 0 Å². The van der Waals surface area contributed by atoms with E-state index in [0.29, 0.717) is 24.5 Å². The first-order chi connectivity index (χ1) is 9.81. The molecule has 7 nitrogen and oxygen atoms in total. The van der Waals surface area contributed by atoms with E-state index in [1.165, 1.54) is 12.8 Å². The van der Waals surface area contributed by atoms with Crippen LogP contribution in [0.4, 0.5) is 11.9 Å². The number of rotatable bonds is 4. The van der Waals surface area contributed by atoms with Gasteiger partial charge in [-0.25, -0.2) is 0 Å². The van der Waals surface area contributed by atoms with Gasteiger partial charge in [0.15, 0.2) is 0 Å². The van der Waals surface area contributed by atoms with Gasteiger partial charge in [0.25, 0.3) is 0 Å². The van der Waals surface area contributed by atoms with Gasteiger partial charge < -0.3 is 20.1 Å². The Morgan fingerprint density at radius 1 is 1.15 bits per heavy atom. The maximum Gasteiger partial charge on any atom is 0.323 e. The predicted molar refractivity (Wildman–Crippen MR) is 74.7 cm³/mol. The van der Waals surface area contributed by atoms with Crippen molar-refractivity contribution in [2.24, 2.45) is 5.92 Å². The molecule has 2 aliphatic heterocycles. The first kappa shape index (κ1) is 13.4. The van der Waals surface area contributed by atoms with Crippen molar-refractivity contribution in [1.82, 2.24) is 15.0 Å². The third-order valence-corrected chi connectivity index (χ3v) is 3.80. The lowest BCUT2D eigenvalue weighted by Gasteiger charge is -2.22. The van der Waals surface area contributed by atoms with Crippen LogP contribution in [0.3, 0.4) is 0 Å². The van der Waals surface area contributed by atoms with Crippen LogP contribution in [0.5, 0.6) is 6.01 Å². The summed E-state index contributed by atoms with van der Waals surface area (Å²) in [5.74, 6) is 1.37. The van der Waals surface area contributed by atoms with E-state index in [-0.39, 0.29) is 5.95 Å². The van der Waals surface area contributed by atoms with Gasteiger partial charge in [0.1, 0.15) is 0 Å². The lowest BCUT2D eigenvalue weighted by molar-refractivity contribution is 0.0482. The van der Waals surface area contributed by atoms with E-state index in [4.69, 9.17) is 15.2 Å².